The van der Waals surface area contributed by atoms with Crippen LogP contribution in [0.1, 0.15) is 35.6 Å². The molecule has 0 atom stereocenters. The predicted octanol–water partition coefficient (Wildman–Crippen LogP) is 5.02. The molecule has 0 radical (unpaired) electrons. The molecule has 0 saturated carbocycles. The van der Waals surface area contributed by atoms with E-state index in [9.17, 15) is 4.79 Å². The van der Waals surface area contributed by atoms with Crippen molar-refractivity contribution >= 4 is 29.1 Å². The fraction of sp³-hybridized carbons (Fsp3) is 0.211. The molecule has 2 aromatic carbocycles. The molecule has 1 aromatic heterocycles. The Kier molecular flexibility index (Phi) is 5.03. The SMILES string of the molecule is Cc1noc(-c2ccc(C(=O)NC(C)(C)c3ccc(Cl)c(Cl)c3)cc2)n1. The van der Waals surface area contributed by atoms with Crippen LogP contribution in [0.2, 0.25) is 10.0 Å². The number of hydrogen-bond acceptors (Lipinski definition) is 4. The zero-order chi connectivity index (χ0) is 18.9. The maximum Gasteiger partial charge on any atom is 0.257 e. The third kappa shape index (κ3) is 3.89. The third-order valence-electron chi connectivity index (χ3n) is 3.99. The summed E-state index contributed by atoms with van der Waals surface area (Å²) in [6.45, 7) is 5.56. The molecule has 0 spiro atoms. The molecule has 0 saturated heterocycles. The summed E-state index contributed by atoms with van der Waals surface area (Å²) in [6.07, 6.45) is 0. The first-order chi connectivity index (χ1) is 12.3. The Balaban J connectivity index is 1.77. The van der Waals surface area contributed by atoms with Crippen LogP contribution in [0.15, 0.2) is 47.0 Å². The average Bonchev–Trinajstić information content (AvgIpc) is 3.03. The highest BCUT2D eigenvalue weighted by Gasteiger charge is 2.24. The van der Waals surface area contributed by atoms with Crippen molar-refractivity contribution in [2.24, 2.45) is 0 Å². The number of carbonyl (C=O) groups excluding carboxylic acids is 1. The lowest BCUT2D eigenvalue weighted by Gasteiger charge is -2.27. The van der Waals surface area contributed by atoms with E-state index in [4.69, 9.17) is 27.7 Å². The number of hydrogen-bond donors (Lipinski definition) is 1. The van der Waals surface area contributed by atoms with Crippen LogP contribution in [-0.2, 0) is 5.54 Å². The fourth-order valence-electron chi connectivity index (χ4n) is 2.49. The Morgan fingerprint density at radius 2 is 1.77 bits per heavy atom. The zero-order valence-electron chi connectivity index (χ0n) is 14.5. The molecule has 26 heavy (non-hydrogen) atoms. The minimum absolute atomic E-state index is 0.200. The van der Waals surface area contributed by atoms with Crippen LogP contribution < -0.4 is 5.32 Å². The Morgan fingerprint density at radius 3 is 2.35 bits per heavy atom. The molecule has 1 amide bonds. The van der Waals surface area contributed by atoms with E-state index in [1.807, 2.05) is 19.9 Å². The number of halogens is 2. The third-order valence-corrected chi connectivity index (χ3v) is 4.73. The van der Waals surface area contributed by atoms with Crippen molar-refractivity contribution in [1.29, 1.82) is 0 Å². The lowest BCUT2D eigenvalue weighted by atomic mass is 9.94. The van der Waals surface area contributed by atoms with Crippen molar-refractivity contribution in [3.05, 3.63) is 69.5 Å². The minimum Gasteiger partial charge on any atom is -0.343 e. The summed E-state index contributed by atoms with van der Waals surface area (Å²) < 4.78 is 5.12. The molecule has 0 bridgehead atoms. The Labute approximate surface area is 161 Å². The van der Waals surface area contributed by atoms with Crippen LogP contribution in [0.5, 0.6) is 0 Å². The molecule has 1 heterocycles. The molecule has 7 heteroatoms. The molecular formula is C19H17Cl2N3O2. The van der Waals surface area contributed by atoms with Crippen molar-refractivity contribution in [3.63, 3.8) is 0 Å². The van der Waals surface area contributed by atoms with Gasteiger partial charge in [-0.15, -0.1) is 0 Å². The Bertz CT molecular complexity index is 950. The number of aryl methyl sites for hydroxylation is 1. The van der Waals surface area contributed by atoms with Gasteiger partial charge in [-0.2, -0.15) is 4.98 Å². The molecule has 5 nitrogen and oxygen atoms in total. The lowest BCUT2D eigenvalue weighted by Crippen LogP contribution is -2.41. The van der Waals surface area contributed by atoms with Gasteiger partial charge in [0, 0.05) is 11.1 Å². The highest BCUT2D eigenvalue weighted by molar-refractivity contribution is 6.42. The average molecular weight is 390 g/mol. The van der Waals surface area contributed by atoms with E-state index in [0.29, 0.717) is 27.3 Å². The highest BCUT2D eigenvalue weighted by atomic mass is 35.5. The van der Waals surface area contributed by atoms with Gasteiger partial charge in [-0.1, -0.05) is 34.4 Å². The number of benzene rings is 2. The van der Waals surface area contributed by atoms with E-state index in [0.717, 1.165) is 11.1 Å². The quantitative estimate of drug-likeness (QED) is 0.680. The topological polar surface area (TPSA) is 68.0 Å². The summed E-state index contributed by atoms with van der Waals surface area (Å²) in [5, 5.41) is 7.69. The van der Waals surface area contributed by atoms with Gasteiger partial charge in [0.2, 0.25) is 0 Å². The maximum absolute atomic E-state index is 12.6. The molecule has 1 N–H and O–H groups in total. The molecular weight excluding hydrogens is 373 g/mol. The van der Waals surface area contributed by atoms with E-state index in [-0.39, 0.29) is 5.91 Å². The van der Waals surface area contributed by atoms with Crippen molar-refractivity contribution in [2.45, 2.75) is 26.3 Å². The predicted molar refractivity (Wildman–Crippen MR) is 101 cm³/mol. The molecule has 3 rings (SSSR count). The highest BCUT2D eigenvalue weighted by Crippen LogP contribution is 2.28. The minimum atomic E-state index is -0.617. The van der Waals surface area contributed by atoms with Gasteiger partial charge < -0.3 is 9.84 Å². The van der Waals surface area contributed by atoms with Gasteiger partial charge in [-0.25, -0.2) is 0 Å². The molecule has 3 aromatic rings. The standard InChI is InChI=1S/C19H17Cl2N3O2/c1-11-22-18(26-24-11)13-6-4-12(5-7-13)17(25)23-19(2,3)14-8-9-15(20)16(21)10-14/h4-10H,1-3H3,(H,23,25). The summed E-state index contributed by atoms with van der Waals surface area (Å²) in [6, 6.07) is 12.3. The van der Waals surface area contributed by atoms with Crippen molar-refractivity contribution in [2.75, 3.05) is 0 Å². The van der Waals surface area contributed by atoms with Gasteiger partial charge in [0.25, 0.3) is 11.8 Å². The van der Waals surface area contributed by atoms with Crippen LogP contribution in [0, 0.1) is 6.92 Å². The second-order valence-corrected chi connectivity index (χ2v) is 7.25. The van der Waals surface area contributed by atoms with Crippen molar-refractivity contribution < 1.29 is 9.32 Å². The Morgan fingerprint density at radius 1 is 1.08 bits per heavy atom. The number of nitrogens with zero attached hydrogens (tertiary/aromatic N) is 2. The van der Waals surface area contributed by atoms with Gasteiger partial charge >= 0.3 is 0 Å². The van der Waals surface area contributed by atoms with E-state index in [2.05, 4.69) is 15.5 Å². The van der Waals surface area contributed by atoms with Gasteiger partial charge in [0.05, 0.1) is 15.6 Å². The smallest absolute Gasteiger partial charge is 0.257 e. The van der Waals surface area contributed by atoms with E-state index >= 15 is 0 Å². The largest absolute Gasteiger partial charge is 0.343 e. The van der Waals surface area contributed by atoms with Crippen LogP contribution in [-0.4, -0.2) is 16.0 Å². The second kappa shape index (κ2) is 7.09. The van der Waals surface area contributed by atoms with Gasteiger partial charge in [-0.05, 0) is 62.7 Å². The Hall–Kier alpha value is -2.37. The zero-order valence-corrected chi connectivity index (χ0v) is 16.0. The fourth-order valence-corrected chi connectivity index (χ4v) is 2.79. The summed E-state index contributed by atoms with van der Waals surface area (Å²) in [7, 11) is 0. The molecule has 0 aliphatic carbocycles. The van der Waals surface area contributed by atoms with E-state index < -0.39 is 5.54 Å². The second-order valence-electron chi connectivity index (χ2n) is 6.43. The number of aromatic nitrogens is 2. The monoisotopic (exact) mass is 389 g/mol. The van der Waals surface area contributed by atoms with Crippen LogP contribution in [0.3, 0.4) is 0 Å². The molecule has 0 aliphatic heterocycles. The number of amides is 1. The maximum atomic E-state index is 12.6. The van der Waals surface area contributed by atoms with Gasteiger partial charge in [0.1, 0.15) is 0 Å². The van der Waals surface area contributed by atoms with Crippen LogP contribution in [0.25, 0.3) is 11.5 Å². The van der Waals surface area contributed by atoms with Gasteiger partial charge in [0.15, 0.2) is 5.82 Å². The van der Waals surface area contributed by atoms with E-state index in [1.54, 1.807) is 43.3 Å². The van der Waals surface area contributed by atoms with Crippen LogP contribution in [0.4, 0.5) is 0 Å². The van der Waals surface area contributed by atoms with Gasteiger partial charge in [-0.3, -0.25) is 4.79 Å². The summed E-state index contributed by atoms with van der Waals surface area (Å²) in [5.41, 5.74) is 1.52. The summed E-state index contributed by atoms with van der Waals surface area (Å²) in [5.74, 6) is 0.783. The molecule has 0 aliphatic rings. The van der Waals surface area contributed by atoms with Crippen LogP contribution >= 0.6 is 23.2 Å². The molecule has 0 unspecified atom stereocenters. The number of nitrogens with one attached hydrogen (secondary N) is 1. The first kappa shape index (κ1) is 18.4. The van der Waals surface area contributed by atoms with Crippen molar-refractivity contribution in [1.82, 2.24) is 15.5 Å². The van der Waals surface area contributed by atoms with Crippen molar-refractivity contribution in [3.8, 4) is 11.5 Å². The summed E-state index contributed by atoms with van der Waals surface area (Å²) >= 11 is 12.0. The lowest BCUT2D eigenvalue weighted by molar-refractivity contribution is 0.0912. The normalized spacial score (nSPS) is 11.4. The summed E-state index contributed by atoms with van der Waals surface area (Å²) in [4.78, 5) is 16.8. The number of carbonyl (C=O) groups is 1. The molecule has 134 valence electrons. The molecule has 0 fully saturated rings. The first-order valence-electron chi connectivity index (χ1n) is 7.95. The number of rotatable bonds is 4. The first-order valence-corrected chi connectivity index (χ1v) is 8.70. The van der Waals surface area contributed by atoms with E-state index in [1.165, 1.54) is 0 Å².